The van der Waals surface area contributed by atoms with E-state index in [-0.39, 0.29) is 0 Å². The fraction of sp³-hybridized carbons (Fsp3) is 0.571. The van der Waals surface area contributed by atoms with Gasteiger partial charge in [-0.2, -0.15) is 0 Å². The Morgan fingerprint density at radius 2 is 2.06 bits per heavy atom. The summed E-state index contributed by atoms with van der Waals surface area (Å²) in [7, 11) is 0. The Hall–Kier alpha value is -0.860. The molecule has 0 radical (unpaired) electrons. The van der Waals surface area contributed by atoms with E-state index in [0.717, 1.165) is 19.8 Å². The molecule has 1 aliphatic heterocycles. The predicted octanol–water partition coefficient (Wildman–Crippen LogP) is 2.59. The zero-order valence-corrected chi connectivity index (χ0v) is 9.82. The fourth-order valence-electron chi connectivity index (χ4n) is 2.15. The van der Waals surface area contributed by atoms with E-state index in [0.29, 0.717) is 5.92 Å². The maximum absolute atomic E-state index is 5.77. The van der Waals surface area contributed by atoms with Crippen LogP contribution in [0.2, 0.25) is 0 Å². The highest BCUT2D eigenvalue weighted by Gasteiger charge is 2.11. The number of rotatable bonds is 4. The first kappa shape index (κ1) is 11.6. The second-order valence-electron chi connectivity index (χ2n) is 4.57. The molecule has 2 nitrogen and oxygen atoms in total. The van der Waals surface area contributed by atoms with Crippen LogP contribution in [0.5, 0.6) is 0 Å². The SMILES string of the molecule is c1ccc(COCC2CCCCNC2)cc1. The number of hydrogen-bond donors (Lipinski definition) is 1. The normalized spacial score (nSPS) is 21.6. The molecule has 88 valence electrons. The molecule has 1 N–H and O–H groups in total. The van der Waals surface area contributed by atoms with Gasteiger partial charge in [-0.15, -0.1) is 0 Å². The topological polar surface area (TPSA) is 21.3 Å². The molecule has 0 aliphatic carbocycles. The van der Waals surface area contributed by atoms with E-state index in [1.807, 2.05) is 6.07 Å². The first-order chi connectivity index (χ1) is 7.95. The van der Waals surface area contributed by atoms with Gasteiger partial charge in [-0.1, -0.05) is 36.8 Å². The standard InChI is InChI=1S/C14H21NO/c1-2-6-13(7-3-1)11-16-12-14-8-4-5-9-15-10-14/h1-3,6-7,14-15H,4-5,8-12H2. The molecule has 0 amide bonds. The van der Waals surface area contributed by atoms with Crippen molar-refractivity contribution in [3.8, 4) is 0 Å². The molecule has 1 heterocycles. The maximum atomic E-state index is 5.77. The summed E-state index contributed by atoms with van der Waals surface area (Å²) in [5.74, 6) is 0.700. The second-order valence-corrected chi connectivity index (χ2v) is 4.57. The van der Waals surface area contributed by atoms with Crippen LogP contribution < -0.4 is 5.32 Å². The van der Waals surface area contributed by atoms with Gasteiger partial charge in [0.25, 0.3) is 0 Å². The molecule has 2 rings (SSSR count). The van der Waals surface area contributed by atoms with Gasteiger partial charge in [0.2, 0.25) is 0 Å². The van der Waals surface area contributed by atoms with E-state index in [4.69, 9.17) is 4.74 Å². The summed E-state index contributed by atoms with van der Waals surface area (Å²) in [4.78, 5) is 0. The van der Waals surface area contributed by atoms with E-state index >= 15 is 0 Å². The molecule has 1 fully saturated rings. The van der Waals surface area contributed by atoms with Gasteiger partial charge in [0.1, 0.15) is 0 Å². The van der Waals surface area contributed by atoms with Crippen molar-refractivity contribution < 1.29 is 4.74 Å². The van der Waals surface area contributed by atoms with Gasteiger partial charge < -0.3 is 10.1 Å². The Balaban J connectivity index is 1.67. The van der Waals surface area contributed by atoms with Crippen LogP contribution in [0.4, 0.5) is 0 Å². The van der Waals surface area contributed by atoms with Crippen LogP contribution in [0.15, 0.2) is 30.3 Å². The molecular weight excluding hydrogens is 198 g/mol. The van der Waals surface area contributed by atoms with Gasteiger partial charge in [0.15, 0.2) is 0 Å². The van der Waals surface area contributed by atoms with E-state index in [1.54, 1.807) is 0 Å². The molecule has 0 spiro atoms. The molecule has 0 saturated carbocycles. The first-order valence-corrected chi connectivity index (χ1v) is 6.27. The highest BCUT2D eigenvalue weighted by molar-refractivity contribution is 5.13. The molecule has 2 heteroatoms. The molecule has 0 aromatic heterocycles. The Labute approximate surface area is 98.0 Å². The lowest BCUT2D eigenvalue weighted by Crippen LogP contribution is -2.23. The summed E-state index contributed by atoms with van der Waals surface area (Å²) in [6, 6.07) is 10.4. The summed E-state index contributed by atoms with van der Waals surface area (Å²) in [5.41, 5.74) is 1.27. The minimum atomic E-state index is 0.700. The van der Waals surface area contributed by atoms with Gasteiger partial charge in [0, 0.05) is 6.54 Å². The lowest BCUT2D eigenvalue weighted by Gasteiger charge is -2.14. The van der Waals surface area contributed by atoms with Crippen molar-refractivity contribution in [1.29, 1.82) is 0 Å². The van der Waals surface area contributed by atoms with Crippen molar-refractivity contribution in [3.05, 3.63) is 35.9 Å². The van der Waals surface area contributed by atoms with Crippen LogP contribution in [0.1, 0.15) is 24.8 Å². The third-order valence-electron chi connectivity index (χ3n) is 3.11. The monoisotopic (exact) mass is 219 g/mol. The molecule has 1 unspecified atom stereocenters. The minimum Gasteiger partial charge on any atom is -0.376 e. The van der Waals surface area contributed by atoms with E-state index in [9.17, 15) is 0 Å². The quantitative estimate of drug-likeness (QED) is 0.840. The molecule has 0 bridgehead atoms. The zero-order valence-electron chi connectivity index (χ0n) is 9.82. The van der Waals surface area contributed by atoms with Crippen LogP contribution in [0, 0.1) is 5.92 Å². The smallest absolute Gasteiger partial charge is 0.0717 e. The van der Waals surface area contributed by atoms with Crippen molar-refractivity contribution in [1.82, 2.24) is 5.32 Å². The predicted molar refractivity (Wildman–Crippen MR) is 66.3 cm³/mol. The summed E-state index contributed by atoms with van der Waals surface area (Å²) in [5, 5.41) is 3.47. The number of ether oxygens (including phenoxy) is 1. The van der Waals surface area contributed by atoms with Crippen molar-refractivity contribution in [2.75, 3.05) is 19.7 Å². The molecule has 1 aromatic rings. The first-order valence-electron chi connectivity index (χ1n) is 6.27. The lowest BCUT2D eigenvalue weighted by atomic mass is 10.1. The highest BCUT2D eigenvalue weighted by Crippen LogP contribution is 2.12. The highest BCUT2D eigenvalue weighted by atomic mass is 16.5. The third-order valence-corrected chi connectivity index (χ3v) is 3.11. The Kier molecular flexibility index (Phi) is 4.84. The summed E-state index contributed by atoms with van der Waals surface area (Å²) in [6.45, 7) is 3.93. The molecular formula is C14H21NO. The average Bonchev–Trinajstić information content (AvgIpc) is 2.59. The van der Waals surface area contributed by atoms with Crippen molar-refractivity contribution >= 4 is 0 Å². The largest absolute Gasteiger partial charge is 0.376 e. The molecule has 16 heavy (non-hydrogen) atoms. The zero-order chi connectivity index (χ0) is 11.1. The molecule has 1 atom stereocenters. The third kappa shape index (κ3) is 3.95. The summed E-state index contributed by atoms with van der Waals surface area (Å²) in [6.07, 6.45) is 3.96. The van der Waals surface area contributed by atoms with E-state index < -0.39 is 0 Å². The van der Waals surface area contributed by atoms with Gasteiger partial charge >= 0.3 is 0 Å². The fourth-order valence-corrected chi connectivity index (χ4v) is 2.15. The van der Waals surface area contributed by atoms with Crippen molar-refractivity contribution in [2.24, 2.45) is 5.92 Å². The number of benzene rings is 1. The second kappa shape index (κ2) is 6.66. The Morgan fingerprint density at radius 3 is 2.94 bits per heavy atom. The number of nitrogens with one attached hydrogen (secondary N) is 1. The average molecular weight is 219 g/mol. The van der Waals surface area contributed by atoms with E-state index in [2.05, 4.69) is 29.6 Å². The molecule has 1 saturated heterocycles. The number of hydrogen-bond acceptors (Lipinski definition) is 2. The van der Waals surface area contributed by atoms with Crippen LogP contribution >= 0.6 is 0 Å². The maximum Gasteiger partial charge on any atom is 0.0717 e. The lowest BCUT2D eigenvalue weighted by molar-refractivity contribution is 0.0853. The summed E-state index contributed by atoms with van der Waals surface area (Å²) < 4.78 is 5.77. The Bertz CT molecular complexity index is 278. The van der Waals surface area contributed by atoms with Crippen molar-refractivity contribution in [2.45, 2.75) is 25.9 Å². The van der Waals surface area contributed by atoms with Gasteiger partial charge in [-0.05, 0) is 30.9 Å². The molecule has 1 aromatic carbocycles. The van der Waals surface area contributed by atoms with Crippen molar-refractivity contribution in [3.63, 3.8) is 0 Å². The molecule has 1 aliphatic rings. The summed E-state index contributed by atoms with van der Waals surface area (Å²) >= 11 is 0. The Morgan fingerprint density at radius 1 is 1.19 bits per heavy atom. The van der Waals surface area contributed by atoms with Gasteiger partial charge in [-0.3, -0.25) is 0 Å². The van der Waals surface area contributed by atoms with Crippen LogP contribution in [-0.2, 0) is 11.3 Å². The van der Waals surface area contributed by atoms with Gasteiger partial charge in [0.05, 0.1) is 13.2 Å². The van der Waals surface area contributed by atoms with E-state index in [1.165, 1.54) is 31.4 Å². The van der Waals surface area contributed by atoms with Crippen LogP contribution in [-0.4, -0.2) is 19.7 Å². The van der Waals surface area contributed by atoms with Crippen LogP contribution in [0.25, 0.3) is 0 Å². The van der Waals surface area contributed by atoms with Crippen LogP contribution in [0.3, 0.4) is 0 Å². The minimum absolute atomic E-state index is 0.700. The van der Waals surface area contributed by atoms with Gasteiger partial charge in [-0.25, -0.2) is 0 Å².